The second-order valence-corrected chi connectivity index (χ2v) is 2.59. The Morgan fingerprint density at radius 1 is 1.21 bits per heavy atom. The fourth-order valence-corrected chi connectivity index (χ4v) is 0.926. The van der Waals surface area contributed by atoms with Gasteiger partial charge in [0.1, 0.15) is 0 Å². The second-order valence-electron chi connectivity index (χ2n) is 2.59. The molecule has 0 saturated heterocycles. The highest BCUT2D eigenvalue weighted by Crippen LogP contribution is 2.08. The summed E-state index contributed by atoms with van der Waals surface area (Å²) in [6.07, 6.45) is -1.16. The van der Waals surface area contributed by atoms with E-state index in [1.807, 2.05) is 0 Å². The lowest BCUT2D eigenvalue weighted by molar-refractivity contribution is -0.180. The fraction of sp³-hybridized carbons (Fsp3) is 0.111. The Labute approximate surface area is 80.3 Å². The second kappa shape index (κ2) is 4.27. The van der Waals surface area contributed by atoms with Gasteiger partial charge in [-0.1, -0.05) is 18.2 Å². The number of rotatable bonds is 1. The first kappa shape index (κ1) is 10.0. The van der Waals surface area contributed by atoms with Crippen LogP contribution in [0.25, 0.3) is 0 Å². The third-order valence-corrected chi connectivity index (χ3v) is 1.56. The number of hydrogen-bond donors (Lipinski definition) is 1. The van der Waals surface area contributed by atoms with E-state index in [2.05, 4.69) is 15.5 Å². The minimum absolute atomic E-state index is 0.328. The lowest BCUT2D eigenvalue weighted by atomic mass is 10.1. The van der Waals surface area contributed by atoms with Crippen molar-refractivity contribution in [1.29, 1.82) is 0 Å². The highest BCUT2D eigenvalue weighted by atomic mass is 17.2. The average molecular weight is 195 g/mol. The van der Waals surface area contributed by atoms with Crippen molar-refractivity contribution < 1.29 is 19.4 Å². The Balaban J connectivity index is 2.70. The van der Waals surface area contributed by atoms with Crippen LogP contribution in [0.4, 0.5) is 4.79 Å². The lowest BCUT2D eigenvalue weighted by Crippen LogP contribution is -2.17. The number of carbonyl (C=O) groups is 2. The van der Waals surface area contributed by atoms with Crippen molar-refractivity contribution in [2.75, 3.05) is 0 Å². The zero-order chi connectivity index (χ0) is 10.6. The molecule has 0 fully saturated rings. The minimum Gasteiger partial charge on any atom is -0.332 e. The SMILES string of the molecule is Cc1ccccc1C(=O)OOC(N)=O. The number of hydrogen-bond acceptors (Lipinski definition) is 4. The molecule has 14 heavy (non-hydrogen) atoms. The third-order valence-electron chi connectivity index (χ3n) is 1.56. The first-order valence-electron chi connectivity index (χ1n) is 3.85. The molecule has 0 unspecified atom stereocenters. The normalized spacial score (nSPS) is 9.21. The van der Waals surface area contributed by atoms with Crippen molar-refractivity contribution in [1.82, 2.24) is 0 Å². The zero-order valence-corrected chi connectivity index (χ0v) is 7.52. The summed E-state index contributed by atoms with van der Waals surface area (Å²) >= 11 is 0. The standard InChI is InChI=1S/C9H9NO4/c1-6-4-2-3-5-7(6)8(11)13-14-9(10)12/h2-5H,1H3,(H2,10,12). The Bertz CT molecular complexity index is 362. The van der Waals surface area contributed by atoms with Gasteiger partial charge in [0.15, 0.2) is 0 Å². The quantitative estimate of drug-likeness (QED) is 0.538. The first-order chi connectivity index (χ1) is 6.61. The van der Waals surface area contributed by atoms with Crippen LogP contribution in [-0.2, 0) is 9.78 Å². The molecule has 1 aromatic rings. The van der Waals surface area contributed by atoms with Crippen molar-refractivity contribution in [3.8, 4) is 0 Å². The van der Waals surface area contributed by atoms with E-state index in [-0.39, 0.29) is 0 Å². The van der Waals surface area contributed by atoms with Gasteiger partial charge < -0.3 is 5.73 Å². The van der Waals surface area contributed by atoms with Crippen LogP contribution in [0.15, 0.2) is 24.3 Å². The van der Waals surface area contributed by atoms with E-state index in [0.717, 1.165) is 5.56 Å². The van der Waals surface area contributed by atoms with Crippen LogP contribution in [0.2, 0.25) is 0 Å². The summed E-state index contributed by atoms with van der Waals surface area (Å²) in [5, 5.41) is 0. The van der Waals surface area contributed by atoms with Crippen molar-refractivity contribution in [2.24, 2.45) is 5.73 Å². The highest BCUT2D eigenvalue weighted by Gasteiger charge is 2.12. The Morgan fingerprint density at radius 2 is 1.86 bits per heavy atom. The molecule has 0 spiro atoms. The molecule has 0 aliphatic rings. The molecule has 0 bridgehead atoms. The van der Waals surface area contributed by atoms with E-state index in [4.69, 9.17) is 0 Å². The summed E-state index contributed by atoms with van der Waals surface area (Å²) in [6, 6.07) is 6.75. The maximum Gasteiger partial charge on any atom is 0.447 e. The molecule has 0 aliphatic heterocycles. The Morgan fingerprint density at radius 3 is 2.43 bits per heavy atom. The van der Waals surface area contributed by atoms with Gasteiger partial charge in [-0.3, -0.25) is 0 Å². The van der Waals surface area contributed by atoms with Crippen LogP contribution in [0.5, 0.6) is 0 Å². The van der Waals surface area contributed by atoms with Gasteiger partial charge in [0, 0.05) is 0 Å². The van der Waals surface area contributed by atoms with Gasteiger partial charge in [0.05, 0.1) is 5.56 Å². The highest BCUT2D eigenvalue weighted by molar-refractivity contribution is 5.90. The molecule has 1 rings (SSSR count). The van der Waals surface area contributed by atoms with E-state index in [9.17, 15) is 9.59 Å². The number of benzene rings is 1. The summed E-state index contributed by atoms with van der Waals surface area (Å²) in [4.78, 5) is 29.4. The molecule has 2 N–H and O–H groups in total. The third kappa shape index (κ3) is 2.48. The van der Waals surface area contributed by atoms with E-state index in [1.54, 1.807) is 31.2 Å². The van der Waals surface area contributed by atoms with Gasteiger partial charge >= 0.3 is 12.1 Å². The van der Waals surface area contributed by atoms with Crippen LogP contribution in [-0.4, -0.2) is 12.1 Å². The number of carbonyl (C=O) groups excluding carboxylic acids is 2. The molecule has 5 heteroatoms. The van der Waals surface area contributed by atoms with E-state index < -0.39 is 12.1 Å². The fourth-order valence-electron chi connectivity index (χ4n) is 0.926. The van der Waals surface area contributed by atoms with Crippen molar-refractivity contribution in [3.05, 3.63) is 35.4 Å². The number of nitrogens with two attached hydrogens (primary N) is 1. The Hall–Kier alpha value is -2.04. The molecule has 0 heterocycles. The molecule has 5 nitrogen and oxygen atoms in total. The van der Waals surface area contributed by atoms with Gasteiger partial charge in [0.25, 0.3) is 0 Å². The maximum absolute atomic E-state index is 11.2. The van der Waals surface area contributed by atoms with Crippen LogP contribution < -0.4 is 5.73 Å². The lowest BCUT2D eigenvalue weighted by Gasteiger charge is -2.02. The molecule has 1 aromatic carbocycles. The minimum atomic E-state index is -1.16. The molecular weight excluding hydrogens is 186 g/mol. The predicted molar refractivity (Wildman–Crippen MR) is 47.3 cm³/mol. The Kier molecular flexibility index (Phi) is 3.06. The van der Waals surface area contributed by atoms with Gasteiger partial charge in [-0.15, -0.1) is 0 Å². The molecular formula is C9H9NO4. The van der Waals surface area contributed by atoms with Crippen LogP contribution in [0.3, 0.4) is 0 Å². The summed E-state index contributed by atoms with van der Waals surface area (Å²) < 4.78 is 0. The van der Waals surface area contributed by atoms with E-state index in [1.165, 1.54) is 0 Å². The molecule has 0 saturated carbocycles. The summed E-state index contributed by atoms with van der Waals surface area (Å²) in [6.45, 7) is 1.74. The van der Waals surface area contributed by atoms with Crippen LogP contribution >= 0.6 is 0 Å². The van der Waals surface area contributed by atoms with Crippen molar-refractivity contribution in [2.45, 2.75) is 6.92 Å². The molecule has 0 aliphatic carbocycles. The van der Waals surface area contributed by atoms with Crippen molar-refractivity contribution in [3.63, 3.8) is 0 Å². The first-order valence-corrected chi connectivity index (χ1v) is 3.85. The monoisotopic (exact) mass is 195 g/mol. The summed E-state index contributed by atoms with van der Waals surface area (Å²) in [5.41, 5.74) is 5.67. The molecule has 1 amide bonds. The molecule has 0 aromatic heterocycles. The van der Waals surface area contributed by atoms with Crippen LogP contribution in [0, 0.1) is 6.92 Å². The van der Waals surface area contributed by atoms with E-state index >= 15 is 0 Å². The van der Waals surface area contributed by atoms with Gasteiger partial charge in [-0.2, -0.15) is 0 Å². The van der Waals surface area contributed by atoms with Gasteiger partial charge in [-0.25, -0.2) is 19.4 Å². The van der Waals surface area contributed by atoms with Crippen LogP contribution in [0.1, 0.15) is 15.9 Å². The number of amides is 1. The van der Waals surface area contributed by atoms with Crippen molar-refractivity contribution >= 4 is 12.1 Å². The molecule has 0 atom stereocenters. The van der Waals surface area contributed by atoms with E-state index in [0.29, 0.717) is 5.56 Å². The summed E-state index contributed by atoms with van der Waals surface area (Å²) in [7, 11) is 0. The van der Waals surface area contributed by atoms with Gasteiger partial charge in [0.2, 0.25) is 0 Å². The summed E-state index contributed by atoms with van der Waals surface area (Å²) in [5.74, 6) is -0.748. The topological polar surface area (TPSA) is 78.6 Å². The smallest absolute Gasteiger partial charge is 0.332 e. The molecule has 0 radical (unpaired) electrons. The number of aryl methyl sites for hydroxylation is 1. The predicted octanol–water partition coefficient (Wildman–Crippen LogP) is 1.16. The largest absolute Gasteiger partial charge is 0.447 e. The molecule has 74 valence electrons. The zero-order valence-electron chi connectivity index (χ0n) is 7.52. The number of primary amides is 1. The maximum atomic E-state index is 11.2. The average Bonchev–Trinajstić information content (AvgIpc) is 2.15. The van der Waals surface area contributed by atoms with Gasteiger partial charge in [-0.05, 0) is 18.6 Å².